The number of hydrogen-bond donors (Lipinski definition) is 3. The number of hydrogen-bond acceptors (Lipinski definition) is 3. The number of phenols is 1. The van der Waals surface area contributed by atoms with Crippen LogP contribution in [-0.4, -0.2) is 22.7 Å². The van der Waals surface area contributed by atoms with Crippen LogP contribution < -0.4 is 5.73 Å². The number of halogens is 4. The Labute approximate surface area is 88.1 Å². The Bertz CT molecular complexity index is 397. The number of benzene rings is 1. The number of alkyl halides is 2. The zero-order chi connectivity index (χ0) is 12.5. The lowest BCUT2D eigenvalue weighted by Gasteiger charge is -2.22. The van der Waals surface area contributed by atoms with E-state index in [-0.39, 0.29) is 0 Å². The second-order valence-electron chi connectivity index (χ2n) is 3.19. The van der Waals surface area contributed by atoms with Crippen molar-refractivity contribution in [3.63, 3.8) is 0 Å². The van der Waals surface area contributed by atoms with Crippen LogP contribution in [0.25, 0.3) is 0 Å². The summed E-state index contributed by atoms with van der Waals surface area (Å²) >= 11 is 0. The molecule has 1 aromatic rings. The predicted octanol–water partition coefficient (Wildman–Crippen LogP) is 1.30. The van der Waals surface area contributed by atoms with E-state index in [4.69, 9.17) is 15.9 Å². The molecular formula is C9H9F4NO2. The molecule has 0 spiro atoms. The number of phenolic OH excluding ortho intramolecular Hbond substituents is 1. The lowest BCUT2D eigenvalue weighted by Crippen LogP contribution is -2.37. The Morgan fingerprint density at radius 2 is 1.75 bits per heavy atom. The highest BCUT2D eigenvalue weighted by Crippen LogP contribution is 2.36. The summed E-state index contributed by atoms with van der Waals surface area (Å²) in [5, 5.41) is 17.4. The molecule has 0 heterocycles. The topological polar surface area (TPSA) is 66.5 Å². The smallest absolute Gasteiger partial charge is 0.289 e. The number of aromatic hydroxyl groups is 1. The summed E-state index contributed by atoms with van der Waals surface area (Å²) < 4.78 is 51.9. The quantitative estimate of drug-likeness (QED) is 0.696. The summed E-state index contributed by atoms with van der Waals surface area (Å²) in [6.45, 7) is -1.64. The number of nitrogens with two attached hydrogens (primary N) is 1. The van der Waals surface area contributed by atoms with Crippen LogP contribution in [0.1, 0.15) is 11.6 Å². The van der Waals surface area contributed by atoms with E-state index < -0.39 is 41.5 Å². The van der Waals surface area contributed by atoms with Gasteiger partial charge in [0.1, 0.15) is 18.5 Å². The molecule has 90 valence electrons. The second-order valence-corrected chi connectivity index (χ2v) is 3.19. The first-order valence-corrected chi connectivity index (χ1v) is 4.22. The van der Waals surface area contributed by atoms with Crippen molar-refractivity contribution in [2.24, 2.45) is 5.73 Å². The lowest BCUT2D eigenvalue weighted by atomic mass is 10.00. The SMILES string of the molecule is N[C@@H](c1c(F)ccc(F)c1O)C(F)(F)CO. The van der Waals surface area contributed by atoms with Crippen molar-refractivity contribution in [3.8, 4) is 5.75 Å². The molecule has 0 saturated heterocycles. The average Bonchev–Trinajstić information content (AvgIpc) is 2.24. The molecule has 0 saturated carbocycles. The van der Waals surface area contributed by atoms with E-state index in [9.17, 15) is 17.6 Å². The maximum Gasteiger partial charge on any atom is 0.289 e. The van der Waals surface area contributed by atoms with Gasteiger partial charge in [-0.1, -0.05) is 0 Å². The van der Waals surface area contributed by atoms with E-state index >= 15 is 0 Å². The number of aliphatic hydroxyl groups excluding tert-OH is 1. The molecule has 0 aliphatic rings. The fourth-order valence-corrected chi connectivity index (χ4v) is 1.16. The van der Waals surface area contributed by atoms with Crippen molar-refractivity contribution in [1.82, 2.24) is 0 Å². The molecule has 3 nitrogen and oxygen atoms in total. The third-order valence-electron chi connectivity index (χ3n) is 2.09. The highest BCUT2D eigenvalue weighted by atomic mass is 19.3. The van der Waals surface area contributed by atoms with Gasteiger partial charge in [-0.05, 0) is 12.1 Å². The molecule has 1 rings (SSSR count). The highest BCUT2D eigenvalue weighted by Gasteiger charge is 2.40. The first-order valence-electron chi connectivity index (χ1n) is 4.22. The van der Waals surface area contributed by atoms with Crippen LogP contribution in [0.3, 0.4) is 0 Å². The van der Waals surface area contributed by atoms with Gasteiger partial charge in [-0.15, -0.1) is 0 Å². The first-order chi connectivity index (χ1) is 7.31. The van der Waals surface area contributed by atoms with Gasteiger partial charge in [0.25, 0.3) is 5.92 Å². The van der Waals surface area contributed by atoms with Crippen LogP contribution in [0.4, 0.5) is 17.6 Å². The minimum absolute atomic E-state index is 0.567. The van der Waals surface area contributed by atoms with Gasteiger partial charge in [-0.3, -0.25) is 0 Å². The van der Waals surface area contributed by atoms with Crippen molar-refractivity contribution in [1.29, 1.82) is 0 Å². The first kappa shape index (κ1) is 12.7. The molecule has 1 atom stereocenters. The fraction of sp³-hybridized carbons (Fsp3) is 0.333. The van der Waals surface area contributed by atoms with Gasteiger partial charge >= 0.3 is 0 Å². The maximum atomic E-state index is 13.1. The van der Waals surface area contributed by atoms with E-state index in [1.165, 1.54) is 0 Å². The molecule has 0 fully saturated rings. The molecule has 0 aliphatic carbocycles. The van der Waals surface area contributed by atoms with Crippen molar-refractivity contribution in [2.45, 2.75) is 12.0 Å². The number of rotatable bonds is 3. The third-order valence-corrected chi connectivity index (χ3v) is 2.09. The van der Waals surface area contributed by atoms with Crippen LogP contribution in [0.2, 0.25) is 0 Å². The van der Waals surface area contributed by atoms with Crippen molar-refractivity contribution >= 4 is 0 Å². The van der Waals surface area contributed by atoms with Crippen molar-refractivity contribution in [3.05, 3.63) is 29.3 Å². The lowest BCUT2D eigenvalue weighted by molar-refractivity contribution is -0.0723. The molecule has 0 aliphatic heterocycles. The van der Waals surface area contributed by atoms with Gasteiger partial charge in [0.2, 0.25) is 0 Å². The maximum absolute atomic E-state index is 13.1. The summed E-state index contributed by atoms with van der Waals surface area (Å²) in [6, 6.07) is -1.18. The molecule has 0 bridgehead atoms. The van der Waals surface area contributed by atoms with Crippen LogP contribution in [-0.2, 0) is 0 Å². The van der Waals surface area contributed by atoms with Crippen LogP contribution in [0.5, 0.6) is 5.75 Å². The molecule has 0 amide bonds. The minimum atomic E-state index is -3.86. The Morgan fingerprint density at radius 3 is 2.25 bits per heavy atom. The highest BCUT2D eigenvalue weighted by molar-refractivity contribution is 5.38. The van der Waals surface area contributed by atoms with Gasteiger partial charge in [0.15, 0.2) is 11.6 Å². The van der Waals surface area contributed by atoms with E-state index in [0.29, 0.717) is 12.1 Å². The van der Waals surface area contributed by atoms with Gasteiger partial charge < -0.3 is 15.9 Å². The molecule has 16 heavy (non-hydrogen) atoms. The zero-order valence-electron chi connectivity index (χ0n) is 7.92. The van der Waals surface area contributed by atoms with Crippen LogP contribution in [0, 0.1) is 11.6 Å². The summed E-state index contributed by atoms with van der Waals surface area (Å²) in [5.41, 5.74) is 3.92. The fourth-order valence-electron chi connectivity index (χ4n) is 1.16. The monoisotopic (exact) mass is 239 g/mol. The average molecular weight is 239 g/mol. The molecule has 0 aromatic heterocycles. The van der Waals surface area contributed by atoms with Crippen LogP contribution >= 0.6 is 0 Å². The third kappa shape index (κ3) is 2.10. The van der Waals surface area contributed by atoms with Crippen molar-refractivity contribution in [2.75, 3.05) is 6.61 Å². The normalized spacial score (nSPS) is 13.9. The van der Waals surface area contributed by atoms with Gasteiger partial charge in [-0.2, -0.15) is 0 Å². The Balaban J connectivity index is 3.28. The summed E-state index contributed by atoms with van der Waals surface area (Å²) in [6.07, 6.45) is 0. The summed E-state index contributed by atoms with van der Waals surface area (Å²) in [5.74, 6) is -7.66. The summed E-state index contributed by atoms with van der Waals surface area (Å²) in [7, 11) is 0. The number of aliphatic hydroxyl groups is 1. The standard InChI is InChI=1S/C9H9F4NO2/c10-4-1-2-5(11)7(16)6(4)8(14)9(12,13)3-15/h1-2,8,15-16H,3,14H2/t8-/m0/s1. The van der Waals surface area contributed by atoms with E-state index in [0.717, 1.165) is 0 Å². The van der Waals surface area contributed by atoms with E-state index in [1.54, 1.807) is 0 Å². The Morgan fingerprint density at radius 1 is 1.25 bits per heavy atom. The van der Waals surface area contributed by atoms with Gasteiger partial charge in [0, 0.05) is 0 Å². The van der Waals surface area contributed by atoms with Crippen molar-refractivity contribution < 1.29 is 27.8 Å². The largest absolute Gasteiger partial charge is 0.505 e. The van der Waals surface area contributed by atoms with Gasteiger partial charge in [-0.25, -0.2) is 17.6 Å². The molecule has 0 unspecified atom stereocenters. The Kier molecular flexibility index (Phi) is 3.39. The van der Waals surface area contributed by atoms with E-state index in [2.05, 4.69) is 0 Å². The molecule has 1 aromatic carbocycles. The molecule has 0 radical (unpaired) electrons. The minimum Gasteiger partial charge on any atom is -0.505 e. The Hall–Kier alpha value is -1.34. The zero-order valence-corrected chi connectivity index (χ0v) is 7.92. The van der Waals surface area contributed by atoms with E-state index in [1.807, 2.05) is 0 Å². The summed E-state index contributed by atoms with van der Waals surface area (Å²) in [4.78, 5) is 0. The van der Waals surface area contributed by atoms with Crippen LogP contribution in [0.15, 0.2) is 12.1 Å². The molecule has 4 N–H and O–H groups in total. The molecular weight excluding hydrogens is 230 g/mol. The van der Waals surface area contributed by atoms with Gasteiger partial charge in [0.05, 0.1) is 5.56 Å². The predicted molar refractivity (Wildman–Crippen MR) is 47.0 cm³/mol. The molecule has 7 heteroatoms. The second kappa shape index (κ2) is 4.26.